The van der Waals surface area contributed by atoms with Crippen molar-refractivity contribution in [3.8, 4) is 5.75 Å². The third-order valence-corrected chi connectivity index (χ3v) is 3.10. The summed E-state index contributed by atoms with van der Waals surface area (Å²) in [5.41, 5.74) is 0.856. The maximum atomic E-state index is 11.9. The molecule has 1 N–H and O–H groups in total. The summed E-state index contributed by atoms with van der Waals surface area (Å²) in [5, 5.41) is 2.80. The molecule has 21 heavy (non-hydrogen) atoms. The molecular formula is C16H18N2O3. The van der Waals surface area contributed by atoms with Crippen molar-refractivity contribution in [3.05, 3.63) is 64.6 Å². The molecule has 0 unspecified atom stereocenters. The lowest BCUT2D eigenvalue weighted by atomic mass is 10.1. The quantitative estimate of drug-likeness (QED) is 0.868. The standard InChI is InChI=1S/C16H18N2O3/c1-21-14-8-5-11-18(16(14)20)12-15(19)17-10-9-13-6-3-2-4-7-13/h2-8,11H,9-10,12H2,1H3,(H,17,19). The zero-order valence-corrected chi connectivity index (χ0v) is 11.9. The monoisotopic (exact) mass is 286 g/mol. The second-order valence-corrected chi connectivity index (χ2v) is 4.60. The number of benzene rings is 1. The van der Waals surface area contributed by atoms with Crippen molar-refractivity contribution >= 4 is 5.91 Å². The fraction of sp³-hybridized carbons (Fsp3) is 0.250. The number of hydrogen-bond acceptors (Lipinski definition) is 3. The third-order valence-electron chi connectivity index (χ3n) is 3.10. The summed E-state index contributed by atoms with van der Waals surface area (Å²) in [6.07, 6.45) is 2.33. The smallest absolute Gasteiger partial charge is 0.293 e. The van der Waals surface area contributed by atoms with Gasteiger partial charge in [-0.25, -0.2) is 0 Å². The van der Waals surface area contributed by atoms with Gasteiger partial charge in [0.2, 0.25) is 5.91 Å². The Morgan fingerprint density at radius 2 is 1.95 bits per heavy atom. The highest BCUT2D eigenvalue weighted by molar-refractivity contribution is 5.75. The Balaban J connectivity index is 1.86. The van der Waals surface area contributed by atoms with Crippen LogP contribution in [0.1, 0.15) is 5.56 Å². The van der Waals surface area contributed by atoms with Crippen molar-refractivity contribution < 1.29 is 9.53 Å². The van der Waals surface area contributed by atoms with Crippen LogP contribution in [0, 0.1) is 0 Å². The number of ether oxygens (including phenoxy) is 1. The summed E-state index contributed by atoms with van der Waals surface area (Å²) in [7, 11) is 1.43. The van der Waals surface area contributed by atoms with Gasteiger partial charge >= 0.3 is 0 Å². The molecule has 0 saturated heterocycles. The number of pyridine rings is 1. The summed E-state index contributed by atoms with van der Waals surface area (Å²) < 4.78 is 6.27. The molecule has 5 heteroatoms. The van der Waals surface area contributed by atoms with Crippen LogP contribution in [0.2, 0.25) is 0 Å². The van der Waals surface area contributed by atoms with Gasteiger partial charge in [0.25, 0.3) is 5.56 Å². The molecule has 0 aliphatic carbocycles. The molecule has 1 amide bonds. The van der Waals surface area contributed by atoms with E-state index < -0.39 is 0 Å². The second-order valence-electron chi connectivity index (χ2n) is 4.60. The van der Waals surface area contributed by atoms with Crippen molar-refractivity contribution in [2.24, 2.45) is 0 Å². The van der Waals surface area contributed by atoms with Gasteiger partial charge < -0.3 is 14.6 Å². The van der Waals surface area contributed by atoms with Crippen LogP contribution < -0.4 is 15.6 Å². The average molecular weight is 286 g/mol. The van der Waals surface area contributed by atoms with E-state index in [9.17, 15) is 9.59 Å². The molecule has 0 aliphatic rings. The Kier molecular flexibility index (Phi) is 5.15. The zero-order valence-electron chi connectivity index (χ0n) is 11.9. The van der Waals surface area contributed by atoms with E-state index in [1.54, 1.807) is 18.3 Å². The first-order valence-corrected chi connectivity index (χ1v) is 6.75. The number of nitrogens with zero attached hydrogens (tertiary/aromatic N) is 1. The highest BCUT2D eigenvalue weighted by atomic mass is 16.5. The van der Waals surface area contributed by atoms with Crippen molar-refractivity contribution in [3.63, 3.8) is 0 Å². The third kappa shape index (κ3) is 4.21. The molecule has 0 saturated carbocycles. The first-order chi connectivity index (χ1) is 10.2. The Morgan fingerprint density at radius 3 is 2.67 bits per heavy atom. The van der Waals surface area contributed by atoms with E-state index in [0.29, 0.717) is 6.54 Å². The van der Waals surface area contributed by atoms with Gasteiger partial charge in [0, 0.05) is 12.7 Å². The number of nitrogens with one attached hydrogen (secondary N) is 1. The SMILES string of the molecule is COc1cccn(CC(=O)NCCc2ccccc2)c1=O. The summed E-state index contributed by atoms with van der Waals surface area (Å²) in [5.74, 6) is 0.0378. The van der Waals surface area contributed by atoms with Gasteiger partial charge in [-0.3, -0.25) is 9.59 Å². The first-order valence-electron chi connectivity index (χ1n) is 6.75. The predicted octanol–water partition coefficient (Wildman–Crippen LogP) is 1.22. The zero-order chi connectivity index (χ0) is 15.1. The van der Waals surface area contributed by atoms with E-state index in [1.165, 1.54) is 11.7 Å². The number of carbonyl (C=O) groups is 1. The number of hydrogen-bond donors (Lipinski definition) is 1. The topological polar surface area (TPSA) is 60.3 Å². The number of carbonyl (C=O) groups excluding carboxylic acids is 1. The Labute approximate surface area is 123 Å². The van der Waals surface area contributed by atoms with Crippen molar-refractivity contribution in [2.45, 2.75) is 13.0 Å². The summed E-state index contributed by atoms with van der Waals surface area (Å²) in [4.78, 5) is 23.7. The summed E-state index contributed by atoms with van der Waals surface area (Å²) in [6, 6.07) is 13.2. The largest absolute Gasteiger partial charge is 0.491 e. The molecule has 0 spiro atoms. The van der Waals surface area contributed by atoms with Gasteiger partial charge in [-0.15, -0.1) is 0 Å². The molecule has 1 aromatic heterocycles. The van der Waals surface area contributed by atoms with Crippen LogP contribution in [0.15, 0.2) is 53.5 Å². The van der Waals surface area contributed by atoms with Gasteiger partial charge in [0.05, 0.1) is 7.11 Å². The maximum absolute atomic E-state index is 11.9. The molecule has 2 rings (SSSR count). The summed E-state index contributed by atoms with van der Waals surface area (Å²) >= 11 is 0. The minimum absolute atomic E-state index is 0.00910. The molecule has 0 bridgehead atoms. The van der Waals surface area contributed by atoms with Crippen LogP contribution in [-0.4, -0.2) is 24.1 Å². The van der Waals surface area contributed by atoms with Gasteiger partial charge in [-0.05, 0) is 24.1 Å². The number of methoxy groups -OCH3 is 1. The number of amides is 1. The minimum atomic E-state index is -0.307. The molecule has 2 aromatic rings. The number of aromatic nitrogens is 1. The van der Waals surface area contributed by atoms with E-state index >= 15 is 0 Å². The van der Waals surface area contributed by atoms with Crippen LogP contribution in [-0.2, 0) is 17.8 Å². The van der Waals surface area contributed by atoms with Crippen molar-refractivity contribution in [1.82, 2.24) is 9.88 Å². The molecule has 0 atom stereocenters. The fourth-order valence-corrected chi connectivity index (χ4v) is 2.00. The molecule has 1 aromatic carbocycles. The lowest BCUT2D eigenvalue weighted by molar-refractivity contribution is -0.121. The predicted molar refractivity (Wildman–Crippen MR) is 80.4 cm³/mol. The van der Waals surface area contributed by atoms with E-state index in [0.717, 1.165) is 12.0 Å². The van der Waals surface area contributed by atoms with Crippen LogP contribution >= 0.6 is 0 Å². The lowest BCUT2D eigenvalue weighted by Crippen LogP contribution is -2.33. The van der Waals surface area contributed by atoms with Gasteiger partial charge in [0.15, 0.2) is 5.75 Å². The van der Waals surface area contributed by atoms with Crippen LogP contribution in [0.25, 0.3) is 0 Å². The molecule has 0 fully saturated rings. The molecule has 0 aliphatic heterocycles. The fourth-order valence-electron chi connectivity index (χ4n) is 2.00. The Morgan fingerprint density at radius 1 is 1.19 bits per heavy atom. The minimum Gasteiger partial charge on any atom is -0.491 e. The maximum Gasteiger partial charge on any atom is 0.293 e. The molecule has 5 nitrogen and oxygen atoms in total. The average Bonchev–Trinajstić information content (AvgIpc) is 2.50. The molecule has 0 radical (unpaired) electrons. The molecule has 110 valence electrons. The van der Waals surface area contributed by atoms with E-state index in [2.05, 4.69) is 5.32 Å². The number of rotatable bonds is 6. The van der Waals surface area contributed by atoms with Gasteiger partial charge in [-0.2, -0.15) is 0 Å². The first kappa shape index (κ1) is 14.8. The molecule has 1 heterocycles. The lowest BCUT2D eigenvalue weighted by Gasteiger charge is -2.08. The van der Waals surface area contributed by atoms with E-state index in [1.807, 2.05) is 30.3 Å². The highest BCUT2D eigenvalue weighted by Gasteiger charge is 2.07. The van der Waals surface area contributed by atoms with Gasteiger partial charge in [-0.1, -0.05) is 30.3 Å². The van der Waals surface area contributed by atoms with Gasteiger partial charge in [0.1, 0.15) is 6.54 Å². The van der Waals surface area contributed by atoms with Crippen LogP contribution in [0.5, 0.6) is 5.75 Å². The second kappa shape index (κ2) is 7.28. The van der Waals surface area contributed by atoms with E-state index in [-0.39, 0.29) is 23.8 Å². The summed E-state index contributed by atoms with van der Waals surface area (Å²) in [6.45, 7) is 0.534. The normalized spacial score (nSPS) is 10.1. The Hall–Kier alpha value is -2.56. The van der Waals surface area contributed by atoms with Crippen LogP contribution in [0.4, 0.5) is 0 Å². The Bertz CT molecular complexity index is 650. The van der Waals surface area contributed by atoms with E-state index in [4.69, 9.17) is 4.74 Å². The van der Waals surface area contributed by atoms with Crippen LogP contribution in [0.3, 0.4) is 0 Å². The van der Waals surface area contributed by atoms with Crippen molar-refractivity contribution in [1.29, 1.82) is 0 Å². The highest BCUT2D eigenvalue weighted by Crippen LogP contribution is 2.00. The molecular weight excluding hydrogens is 268 g/mol. The van der Waals surface area contributed by atoms with Crippen molar-refractivity contribution in [2.75, 3.05) is 13.7 Å².